The summed E-state index contributed by atoms with van der Waals surface area (Å²) in [5.41, 5.74) is 11.2. The van der Waals surface area contributed by atoms with Gasteiger partial charge in [-0.2, -0.15) is 0 Å². The molecule has 18 nitrogen and oxygen atoms in total. The van der Waals surface area contributed by atoms with Crippen LogP contribution in [-0.2, 0) is 27.6 Å². The fourth-order valence-electron chi connectivity index (χ4n) is 0.305. The van der Waals surface area contributed by atoms with Gasteiger partial charge in [-0.05, 0) is 0 Å². The molecule has 0 atom stereocenters. The van der Waals surface area contributed by atoms with Crippen LogP contribution in [0.2, 0.25) is 0 Å². The van der Waals surface area contributed by atoms with Gasteiger partial charge in [-0.15, -0.1) is 16.8 Å². The third-order valence-corrected chi connectivity index (χ3v) is 1.72. The summed E-state index contributed by atoms with van der Waals surface area (Å²) in [6.45, 7) is 0. The van der Waals surface area contributed by atoms with Crippen LogP contribution in [0, 0.1) is 71.2 Å². The quantitative estimate of drug-likeness (QED) is 0.0963. The van der Waals surface area contributed by atoms with E-state index in [1.54, 1.807) is 16.8 Å². The number of nitrogens with one attached hydrogen (secondary N) is 6. The molecule has 6 N–H and O–H groups in total. The molecular weight excluding hydrogens is 683 g/mol. The van der Waals surface area contributed by atoms with Gasteiger partial charge >= 0.3 is 71.2 Å². The summed E-state index contributed by atoms with van der Waals surface area (Å²) in [6.07, 6.45) is 0. The average molecular weight is 698 g/mol. The zero-order valence-electron chi connectivity index (χ0n) is 13.4. The van der Waals surface area contributed by atoms with E-state index in [0.29, 0.717) is 0 Å². The number of hydrogen-bond donors (Lipinski definition) is 6. The van der Waals surface area contributed by atoms with Crippen LogP contribution in [0.5, 0.6) is 0 Å². The minimum atomic E-state index is -4.86. The zero-order chi connectivity index (χ0) is 19.9. The second-order valence-electron chi connectivity index (χ2n) is 2.67. The summed E-state index contributed by atoms with van der Waals surface area (Å²) in [5.74, 6) is 0. The smallest absolute Gasteiger partial charge is 0.788 e. The van der Waals surface area contributed by atoms with Crippen molar-refractivity contribution >= 4 is 23.5 Å². The van der Waals surface area contributed by atoms with E-state index in [4.69, 9.17) is 0 Å². The molecule has 0 saturated heterocycles. The molecule has 0 aromatic heterocycles. The van der Waals surface area contributed by atoms with E-state index in [1.807, 2.05) is 0 Å². The minimum absolute atomic E-state index is 0. The van der Waals surface area contributed by atoms with Crippen molar-refractivity contribution in [2.75, 3.05) is 21.1 Å². The number of hydrazine groups is 3. The summed E-state index contributed by atoms with van der Waals surface area (Å²) in [5, 5.41) is 0. The average Bonchev–Trinajstić information content (AvgIpc) is 2.39. The van der Waals surface area contributed by atoms with Crippen LogP contribution in [-0.4, -0.2) is 21.1 Å². The van der Waals surface area contributed by atoms with Crippen molar-refractivity contribution in [2.45, 2.75) is 0 Å². The summed E-state index contributed by atoms with van der Waals surface area (Å²) < 4.78 is 39.0. The Kier molecular flexibility index (Phi) is 33.3. The molecular formula is C3H15La2N6O12P3. The maximum absolute atomic E-state index is 9.54. The third kappa shape index (κ3) is 56.3. The zero-order valence-corrected chi connectivity index (χ0v) is 23.3. The van der Waals surface area contributed by atoms with Crippen LogP contribution in [0.4, 0.5) is 0 Å². The van der Waals surface area contributed by atoms with E-state index in [-0.39, 0.29) is 71.2 Å². The van der Waals surface area contributed by atoms with Crippen molar-refractivity contribution in [1.82, 2.24) is 33.0 Å². The molecule has 0 aliphatic carbocycles. The first-order valence-corrected chi connectivity index (χ1v) is 9.44. The topological polar surface area (TPSA) is 289 Å². The molecule has 0 spiro atoms. The first-order valence-electron chi connectivity index (χ1n) is 5.05. The molecule has 0 aliphatic rings. The number of hydrogen-bond acceptors (Lipinski definition) is 18. The van der Waals surface area contributed by atoms with Crippen molar-refractivity contribution in [2.24, 2.45) is 0 Å². The molecule has 0 heterocycles. The van der Waals surface area contributed by atoms with Gasteiger partial charge in [-0.25, -0.2) is 16.3 Å². The Labute approximate surface area is 204 Å². The number of rotatable bonds is 9. The fraction of sp³-hybridized carbons (Fsp3) is 1.00. The Morgan fingerprint density at radius 1 is 0.538 bits per heavy atom. The van der Waals surface area contributed by atoms with Crippen LogP contribution >= 0.6 is 23.5 Å². The monoisotopic (exact) mass is 698 g/mol. The van der Waals surface area contributed by atoms with Crippen molar-refractivity contribution in [1.29, 1.82) is 0 Å². The largest absolute Gasteiger partial charge is 3.00 e. The molecule has 0 aliphatic heterocycles. The van der Waals surface area contributed by atoms with Gasteiger partial charge in [0.1, 0.15) is 0 Å². The Morgan fingerprint density at radius 3 is 0.731 bits per heavy atom. The molecule has 23 heteroatoms. The Morgan fingerprint density at radius 2 is 0.692 bits per heavy atom. The van der Waals surface area contributed by atoms with Gasteiger partial charge in [0.05, 0.1) is 23.5 Å². The fourth-order valence-corrected chi connectivity index (χ4v) is 0.914. The van der Waals surface area contributed by atoms with Gasteiger partial charge in [0.15, 0.2) is 0 Å². The molecule has 26 heavy (non-hydrogen) atoms. The van der Waals surface area contributed by atoms with Crippen molar-refractivity contribution in [3.8, 4) is 0 Å². The van der Waals surface area contributed by atoms with Gasteiger partial charge in [0.2, 0.25) is 0 Å². The predicted octanol–water partition coefficient (Wildman–Crippen LogP) is -7.59. The van der Waals surface area contributed by atoms with Crippen LogP contribution in [0.1, 0.15) is 0 Å². The molecule has 0 fully saturated rings. The van der Waals surface area contributed by atoms with Gasteiger partial charge in [-0.1, -0.05) is 0 Å². The van der Waals surface area contributed by atoms with Gasteiger partial charge in [-0.3, -0.25) is 13.9 Å². The maximum atomic E-state index is 9.54. The molecule has 0 amide bonds. The Bertz CT molecular complexity index is 367. The van der Waals surface area contributed by atoms with E-state index < -0.39 is 23.5 Å². The third-order valence-electron chi connectivity index (χ3n) is 0.779. The van der Waals surface area contributed by atoms with E-state index in [9.17, 15) is 43.1 Å². The standard InChI is InChI=1S/3CH7N2O4P.2La/c3*1-2-3-7-8(4,5)6;;/h3*2-3H,1H3,(H2,4,5,6);;/q;;;2*+3/p-6. The molecule has 0 unspecified atom stereocenters. The molecule has 0 rings (SSSR count). The van der Waals surface area contributed by atoms with Crippen LogP contribution < -0.4 is 62.4 Å². The molecule has 0 aromatic rings. The summed E-state index contributed by atoms with van der Waals surface area (Å²) in [4.78, 5) is 57.2. The van der Waals surface area contributed by atoms with Crippen LogP contribution in [0.3, 0.4) is 0 Å². The summed E-state index contributed by atoms with van der Waals surface area (Å²) in [6, 6.07) is 0. The SMILES string of the molecule is CNNOP(=O)([O-])[O-].CNNOP(=O)([O-])[O-].CNNOP(=O)([O-])[O-].[La+3].[La+3]. The molecule has 0 saturated carbocycles. The molecule has 0 aromatic carbocycles. The second-order valence-corrected chi connectivity index (χ2v) is 5.90. The Hall–Kier alpha value is 2.48. The van der Waals surface area contributed by atoms with Crippen LogP contribution in [0.25, 0.3) is 0 Å². The molecule has 150 valence electrons. The minimum Gasteiger partial charge on any atom is -0.788 e. The molecule has 0 radical (unpaired) electrons. The second kappa shape index (κ2) is 22.2. The van der Waals surface area contributed by atoms with Crippen molar-refractivity contribution in [3.63, 3.8) is 0 Å². The summed E-state index contributed by atoms with van der Waals surface area (Å²) >= 11 is 0. The van der Waals surface area contributed by atoms with Crippen molar-refractivity contribution in [3.05, 3.63) is 0 Å². The van der Waals surface area contributed by atoms with E-state index in [2.05, 4.69) is 30.2 Å². The Balaban J connectivity index is -0.0000000817. The predicted molar refractivity (Wildman–Crippen MR) is 62.7 cm³/mol. The maximum Gasteiger partial charge on any atom is 3.00 e. The number of phosphoric acid groups is 3. The van der Waals surface area contributed by atoms with E-state index in [0.717, 1.165) is 0 Å². The van der Waals surface area contributed by atoms with Gasteiger partial charge < -0.3 is 43.1 Å². The van der Waals surface area contributed by atoms with Gasteiger partial charge in [0.25, 0.3) is 0 Å². The normalized spacial score (nSPS) is 11.0. The van der Waals surface area contributed by atoms with Crippen LogP contribution in [0.15, 0.2) is 0 Å². The first-order chi connectivity index (χ1) is 10.7. The molecule has 0 bridgehead atoms. The first kappa shape index (κ1) is 39.0. The van der Waals surface area contributed by atoms with E-state index in [1.165, 1.54) is 21.1 Å². The van der Waals surface area contributed by atoms with E-state index >= 15 is 0 Å². The summed E-state index contributed by atoms with van der Waals surface area (Å²) in [7, 11) is -10.5. The van der Waals surface area contributed by atoms with Gasteiger partial charge in [0, 0.05) is 21.1 Å². The van der Waals surface area contributed by atoms with Crippen molar-refractivity contribution < 1.29 is 128 Å².